The Morgan fingerprint density at radius 1 is 0.833 bits per heavy atom. The second kappa shape index (κ2) is 4.60. The van der Waals surface area contributed by atoms with Crippen molar-refractivity contribution < 1.29 is 0 Å². The molecule has 0 aromatic carbocycles. The fourth-order valence-electron chi connectivity index (χ4n) is 2.15. The third kappa shape index (κ3) is 2.02. The third-order valence-electron chi connectivity index (χ3n) is 2.62. The van der Waals surface area contributed by atoms with Gasteiger partial charge >= 0.3 is 84.5 Å². The van der Waals surface area contributed by atoms with Crippen molar-refractivity contribution in [3.8, 4) is 0 Å². The quantitative estimate of drug-likeness (QED) is 0.461. The fraction of sp³-hybridized carbons (Fsp3) is 1.00. The van der Waals surface area contributed by atoms with Gasteiger partial charge in [-0.3, -0.25) is 0 Å². The van der Waals surface area contributed by atoms with Gasteiger partial charge in [-0.15, -0.1) is 0 Å². The average molecular weight is 234 g/mol. The van der Waals surface area contributed by atoms with Crippen LogP contribution in [0.2, 0.25) is 5.25 Å². The van der Waals surface area contributed by atoms with E-state index in [1.165, 1.54) is 5.25 Å². The van der Waals surface area contributed by atoms with E-state index in [4.69, 9.17) is 0 Å². The normalized spacial score (nSPS) is 13.8. The van der Waals surface area contributed by atoms with Crippen molar-refractivity contribution in [2.45, 2.75) is 11.0 Å². The van der Waals surface area contributed by atoms with Crippen molar-refractivity contribution in [3.63, 3.8) is 0 Å². The van der Waals surface area contributed by atoms with Crippen LogP contribution in [0.3, 0.4) is 0 Å². The molecule has 0 bridgehead atoms. The van der Waals surface area contributed by atoms with Gasteiger partial charge in [0.2, 0.25) is 0 Å². The summed E-state index contributed by atoms with van der Waals surface area (Å²) in [5.74, 6) is 0.125. The minimum atomic E-state index is 0.125. The molecular formula is C8H23GeN3. The average Bonchev–Trinajstić information content (AvgIpc) is 1.86. The van der Waals surface area contributed by atoms with Gasteiger partial charge in [-0.05, 0) is 0 Å². The summed E-state index contributed by atoms with van der Waals surface area (Å²) in [5, 5.41) is 1.27. The van der Waals surface area contributed by atoms with Crippen molar-refractivity contribution in [1.82, 2.24) is 14.7 Å². The summed E-state index contributed by atoms with van der Waals surface area (Å²) < 4.78 is 0. The van der Waals surface area contributed by atoms with Gasteiger partial charge in [0.1, 0.15) is 0 Å². The van der Waals surface area contributed by atoms with Gasteiger partial charge in [-0.1, -0.05) is 0 Å². The van der Waals surface area contributed by atoms with Gasteiger partial charge in [0.25, 0.3) is 0 Å². The molecule has 0 aromatic heterocycles. The van der Waals surface area contributed by atoms with Crippen LogP contribution in [0.15, 0.2) is 0 Å². The van der Waals surface area contributed by atoms with Crippen LogP contribution in [-0.2, 0) is 0 Å². The Morgan fingerprint density at radius 3 is 1.08 bits per heavy atom. The molecule has 0 radical (unpaired) electrons. The van der Waals surface area contributed by atoms with Crippen molar-refractivity contribution in [3.05, 3.63) is 0 Å². The monoisotopic (exact) mass is 235 g/mol. The minimum absolute atomic E-state index is 0.125. The Balaban J connectivity index is 4.77. The van der Waals surface area contributed by atoms with Crippen molar-refractivity contribution in [2.24, 2.45) is 0 Å². The van der Waals surface area contributed by atoms with Crippen molar-refractivity contribution in [2.75, 3.05) is 42.3 Å². The maximum absolute atomic E-state index is 2.29. The molecular weight excluding hydrogens is 211 g/mol. The van der Waals surface area contributed by atoms with Gasteiger partial charge in [-0.2, -0.15) is 0 Å². The molecule has 0 saturated carbocycles. The number of nitrogens with zero attached hydrogens (tertiary/aromatic N) is 3. The number of hydrogen-bond donors (Lipinski definition) is 0. The summed E-state index contributed by atoms with van der Waals surface area (Å²) in [4.78, 5) is 6.87. The van der Waals surface area contributed by atoms with Crippen molar-refractivity contribution in [1.29, 1.82) is 0 Å². The molecule has 12 heavy (non-hydrogen) atoms. The molecule has 0 spiro atoms. The van der Waals surface area contributed by atoms with Crippen molar-refractivity contribution >= 4 is 16.5 Å². The van der Waals surface area contributed by atoms with E-state index in [0.29, 0.717) is 0 Å². The van der Waals surface area contributed by atoms with Crippen LogP contribution >= 0.6 is 0 Å². The first-order valence-electron chi connectivity index (χ1n) is 4.41. The molecule has 3 nitrogen and oxygen atoms in total. The molecule has 0 fully saturated rings. The molecule has 0 aliphatic carbocycles. The third-order valence-corrected chi connectivity index (χ3v) is 4.61. The predicted molar refractivity (Wildman–Crippen MR) is 58.5 cm³/mol. The van der Waals surface area contributed by atoms with Gasteiger partial charge in [-0.25, -0.2) is 0 Å². The summed E-state index contributed by atoms with van der Waals surface area (Å²) in [6.45, 7) is 0. The molecule has 0 N–H and O–H groups in total. The molecule has 0 amide bonds. The molecule has 0 heterocycles. The maximum atomic E-state index is 2.29. The number of hydrogen-bond acceptors (Lipinski definition) is 3. The Labute approximate surface area is 84.9 Å². The second-order valence-electron chi connectivity index (χ2n) is 3.81. The summed E-state index contributed by atoms with van der Waals surface area (Å²) in [6, 6.07) is 0. The van der Waals surface area contributed by atoms with E-state index in [1.54, 1.807) is 0 Å². The first kappa shape index (κ1) is 12.4. The number of rotatable bonds is 4. The Kier molecular flexibility index (Phi) is 4.76. The van der Waals surface area contributed by atoms with Crippen LogP contribution < -0.4 is 0 Å². The molecule has 0 aromatic rings. The van der Waals surface area contributed by atoms with Crippen LogP contribution in [0.4, 0.5) is 0 Å². The first-order valence-corrected chi connectivity index (χ1v) is 7.38. The standard InChI is InChI=1S/C8H23GeN3/c1-10(2)8(7-9,11(3)4)12(5)6/h7H2,1-6,9H3. The van der Waals surface area contributed by atoms with Gasteiger partial charge in [0, 0.05) is 0 Å². The van der Waals surface area contributed by atoms with E-state index >= 15 is 0 Å². The Hall–Kier alpha value is 0.423. The Bertz CT molecular complexity index is 112. The van der Waals surface area contributed by atoms with E-state index < -0.39 is 0 Å². The first-order chi connectivity index (χ1) is 5.39. The Morgan fingerprint density at radius 2 is 1.08 bits per heavy atom. The van der Waals surface area contributed by atoms with Crippen LogP contribution in [0.5, 0.6) is 0 Å². The molecule has 0 saturated heterocycles. The van der Waals surface area contributed by atoms with Gasteiger partial charge in [0.15, 0.2) is 0 Å². The molecule has 0 unspecified atom stereocenters. The molecule has 4 heteroatoms. The summed E-state index contributed by atoms with van der Waals surface area (Å²) in [6.07, 6.45) is 0. The zero-order valence-electron chi connectivity index (χ0n) is 9.55. The summed E-state index contributed by atoms with van der Waals surface area (Å²) in [7, 11) is 12.9. The molecule has 0 rings (SSSR count). The van der Waals surface area contributed by atoms with E-state index in [1.807, 2.05) is 0 Å². The molecule has 0 aliphatic rings. The molecule has 74 valence electrons. The van der Waals surface area contributed by atoms with E-state index in [0.717, 1.165) is 16.5 Å². The second-order valence-corrected chi connectivity index (χ2v) is 5.29. The van der Waals surface area contributed by atoms with Gasteiger partial charge in [0.05, 0.1) is 0 Å². The van der Waals surface area contributed by atoms with E-state index in [9.17, 15) is 0 Å². The summed E-state index contributed by atoms with van der Waals surface area (Å²) in [5.41, 5.74) is 0. The summed E-state index contributed by atoms with van der Waals surface area (Å²) >= 11 is 0.867. The predicted octanol–water partition coefficient (Wildman–Crippen LogP) is -0.891. The fourth-order valence-corrected chi connectivity index (χ4v) is 6.13. The molecule has 0 atom stereocenters. The van der Waals surface area contributed by atoms with Crippen LogP contribution in [-0.4, -0.2) is 79.3 Å². The zero-order valence-corrected chi connectivity index (χ0v) is 13.7. The van der Waals surface area contributed by atoms with Crippen LogP contribution in [0, 0.1) is 0 Å². The van der Waals surface area contributed by atoms with E-state index in [2.05, 4.69) is 57.0 Å². The van der Waals surface area contributed by atoms with Gasteiger partial charge < -0.3 is 0 Å². The topological polar surface area (TPSA) is 9.72 Å². The van der Waals surface area contributed by atoms with Crippen LogP contribution in [0.1, 0.15) is 0 Å². The SMILES string of the molecule is CN(C)C([CH2][GeH3])(N(C)C)N(C)C. The van der Waals surface area contributed by atoms with E-state index in [-0.39, 0.29) is 5.79 Å². The van der Waals surface area contributed by atoms with Crippen LogP contribution in [0.25, 0.3) is 0 Å². The zero-order chi connectivity index (χ0) is 9.94. The molecule has 0 aliphatic heterocycles.